The summed E-state index contributed by atoms with van der Waals surface area (Å²) in [4.78, 5) is 24.8. The van der Waals surface area contributed by atoms with Crippen LogP contribution in [-0.4, -0.2) is 34.3 Å². The first-order chi connectivity index (χ1) is 8.37. The van der Waals surface area contributed by atoms with Gasteiger partial charge in [-0.15, -0.1) is 6.42 Å². The fraction of sp³-hybridized carbons (Fsp3) is 0.714. The van der Waals surface area contributed by atoms with Crippen LogP contribution in [0.1, 0.15) is 48.5 Å². The molecule has 0 bridgehead atoms. The summed E-state index contributed by atoms with van der Waals surface area (Å²) in [6.07, 6.45) is 3.64. The summed E-state index contributed by atoms with van der Waals surface area (Å²) < 4.78 is 10.3. The topological polar surface area (TPSA) is 55.8 Å². The molecule has 0 fully saturated rings. The van der Waals surface area contributed by atoms with Gasteiger partial charge in [0.25, 0.3) is 0 Å². The number of nitrogens with zero attached hydrogens (tertiary/aromatic N) is 1. The Bertz CT molecular complexity index is 354. The van der Waals surface area contributed by atoms with Crippen LogP contribution < -0.4 is 0 Å². The van der Waals surface area contributed by atoms with Gasteiger partial charge < -0.3 is 9.47 Å². The Kier molecular flexibility index (Phi) is 5.43. The molecule has 0 rings (SSSR count). The van der Waals surface area contributed by atoms with Crippen molar-refractivity contribution in [2.75, 3.05) is 0 Å². The molecule has 0 aromatic carbocycles. The second-order valence-corrected chi connectivity index (χ2v) is 6.17. The molecule has 2 amide bonds. The van der Waals surface area contributed by atoms with Crippen LogP contribution in [0.3, 0.4) is 0 Å². The second kappa shape index (κ2) is 5.96. The van der Waals surface area contributed by atoms with Gasteiger partial charge in [-0.1, -0.05) is 5.92 Å². The first-order valence-electron chi connectivity index (χ1n) is 6.08. The van der Waals surface area contributed by atoms with Crippen LogP contribution in [0, 0.1) is 12.3 Å². The van der Waals surface area contributed by atoms with E-state index in [1.165, 1.54) is 0 Å². The Morgan fingerprint density at radius 2 is 1.32 bits per heavy atom. The molecule has 0 N–H and O–H groups in total. The molecule has 0 aliphatic rings. The lowest BCUT2D eigenvalue weighted by atomic mass is 10.2. The molecule has 0 radical (unpaired) electrons. The Labute approximate surface area is 115 Å². The Hall–Kier alpha value is -1.70. The maximum Gasteiger partial charge on any atom is 0.420 e. The zero-order valence-electron chi connectivity index (χ0n) is 12.7. The van der Waals surface area contributed by atoms with E-state index in [9.17, 15) is 9.59 Å². The van der Waals surface area contributed by atoms with Crippen LogP contribution in [0.25, 0.3) is 0 Å². The largest absolute Gasteiger partial charge is 0.443 e. The molecule has 0 saturated carbocycles. The molecule has 0 heterocycles. The van der Waals surface area contributed by atoms with Gasteiger partial charge in [-0.3, -0.25) is 0 Å². The molecule has 5 heteroatoms. The van der Waals surface area contributed by atoms with Crippen LogP contribution in [0.5, 0.6) is 0 Å². The number of ether oxygens (including phenoxy) is 2. The summed E-state index contributed by atoms with van der Waals surface area (Å²) in [6, 6.07) is -0.746. The van der Waals surface area contributed by atoms with Crippen LogP contribution in [-0.2, 0) is 9.47 Å². The van der Waals surface area contributed by atoms with Crippen LogP contribution in [0.15, 0.2) is 0 Å². The van der Waals surface area contributed by atoms with E-state index >= 15 is 0 Å². The molecule has 0 aliphatic heterocycles. The predicted molar refractivity (Wildman–Crippen MR) is 72.6 cm³/mol. The van der Waals surface area contributed by atoms with Crippen molar-refractivity contribution >= 4 is 12.2 Å². The lowest BCUT2D eigenvalue weighted by molar-refractivity contribution is -0.00168. The normalized spacial score (nSPS) is 13.2. The number of amides is 2. The molecule has 1 unspecified atom stereocenters. The minimum absolute atomic E-state index is 0.717. The van der Waals surface area contributed by atoms with Gasteiger partial charge >= 0.3 is 12.2 Å². The van der Waals surface area contributed by atoms with Crippen molar-refractivity contribution in [1.29, 1.82) is 0 Å². The third kappa shape index (κ3) is 6.70. The number of hydrogen-bond donors (Lipinski definition) is 0. The van der Waals surface area contributed by atoms with E-state index in [0.717, 1.165) is 4.90 Å². The molecule has 19 heavy (non-hydrogen) atoms. The highest BCUT2D eigenvalue weighted by atomic mass is 16.6. The zero-order valence-corrected chi connectivity index (χ0v) is 12.7. The molecule has 0 saturated heterocycles. The number of hydrogen-bond acceptors (Lipinski definition) is 4. The number of terminal acetylenes is 1. The summed E-state index contributed by atoms with van der Waals surface area (Å²) in [6.45, 7) is 11.8. The standard InChI is InChI=1S/C14H23NO4/c1-9-10(2)15(11(16)18-13(3,4)5)12(17)19-14(6,7)8/h1,10H,2-8H3. The minimum Gasteiger partial charge on any atom is -0.443 e. The second-order valence-electron chi connectivity index (χ2n) is 6.17. The highest BCUT2D eigenvalue weighted by molar-refractivity contribution is 5.89. The highest BCUT2D eigenvalue weighted by Crippen LogP contribution is 2.16. The highest BCUT2D eigenvalue weighted by Gasteiger charge is 2.33. The molecule has 108 valence electrons. The van der Waals surface area contributed by atoms with Gasteiger partial charge in [0.05, 0.1) is 0 Å². The van der Waals surface area contributed by atoms with E-state index in [-0.39, 0.29) is 0 Å². The third-order valence-corrected chi connectivity index (χ3v) is 1.81. The third-order valence-electron chi connectivity index (χ3n) is 1.81. The smallest absolute Gasteiger partial charge is 0.420 e. The molecule has 0 aromatic heterocycles. The van der Waals surface area contributed by atoms with E-state index in [4.69, 9.17) is 15.9 Å². The van der Waals surface area contributed by atoms with Crippen LogP contribution >= 0.6 is 0 Å². The van der Waals surface area contributed by atoms with Gasteiger partial charge in [-0.05, 0) is 48.5 Å². The summed E-state index contributed by atoms with van der Waals surface area (Å²) in [5, 5.41) is 0. The molecule has 1 atom stereocenters. The van der Waals surface area contributed by atoms with Gasteiger partial charge in [0, 0.05) is 0 Å². The lowest BCUT2D eigenvalue weighted by Crippen LogP contribution is -2.47. The molecule has 0 spiro atoms. The molecular formula is C14H23NO4. The van der Waals surface area contributed by atoms with Crippen molar-refractivity contribution in [1.82, 2.24) is 4.90 Å². The lowest BCUT2D eigenvalue weighted by Gasteiger charge is -2.30. The van der Waals surface area contributed by atoms with E-state index in [0.29, 0.717) is 0 Å². The van der Waals surface area contributed by atoms with Gasteiger partial charge in [0.1, 0.15) is 17.2 Å². The number of rotatable bonds is 1. The fourth-order valence-corrected chi connectivity index (χ4v) is 1.09. The van der Waals surface area contributed by atoms with Crippen molar-refractivity contribution < 1.29 is 19.1 Å². The monoisotopic (exact) mass is 269 g/mol. The minimum atomic E-state index is -0.813. The van der Waals surface area contributed by atoms with E-state index in [1.807, 2.05) is 0 Å². The van der Waals surface area contributed by atoms with Gasteiger partial charge in [0.15, 0.2) is 0 Å². The van der Waals surface area contributed by atoms with Crippen LogP contribution in [0.4, 0.5) is 9.59 Å². The molecule has 0 aromatic rings. The summed E-state index contributed by atoms with van der Waals surface area (Å²) in [5.74, 6) is 2.32. The Morgan fingerprint density at radius 3 is 1.53 bits per heavy atom. The van der Waals surface area contributed by atoms with Crippen molar-refractivity contribution in [3.05, 3.63) is 0 Å². The SMILES string of the molecule is C#CC(C)N(C(=O)OC(C)(C)C)C(=O)OC(C)(C)C. The first kappa shape index (κ1) is 17.3. The van der Waals surface area contributed by atoms with E-state index < -0.39 is 29.4 Å². The molecular weight excluding hydrogens is 246 g/mol. The van der Waals surface area contributed by atoms with E-state index in [2.05, 4.69) is 5.92 Å². The molecule has 0 aliphatic carbocycles. The zero-order chi connectivity index (χ0) is 15.4. The van der Waals surface area contributed by atoms with Crippen molar-refractivity contribution in [3.8, 4) is 12.3 Å². The maximum absolute atomic E-state index is 12.0. The van der Waals surface area contributed by atoms with Gasteiger partial charge in [-0.25, -0.2) is 9.59 Å². The van der Waals surface area contributed by atoms with Gasteiger partial charge in [0.2, 0.25) is 0 Å². The average Bonchev–Trinajstić information content (AvgIpc) is 2.11. The van der Waals surface area contributed by atoms with Crippen LogP contribution in [0.2, 0.25) is 0 Å². The quantitative estimate of drug-likeness (QED) is 0.686. The number of carbonyl (C=O) groups is 2. The van der Waals surface area contributed by atoms with Gasteiger partial charge in [-0.2, -0.15) is 4.90 Å². The van der Waals surface area contributed by atoms with E-state index in [1.54, 1.807) is 48.5 Å². The van der Waals surface area contributed by atoms with Crippen molar-refractivity contribution in [2.24, 2.45) is 0 Å². The summed E-state index contributed by atoms with van der Waals surface area (Å²) in [5.41, 5.74) is -1.43. The number of carbonyl (C=O) groups excluding carboxylic acids is 2. The Balaban J connectivity index is 5.09. The predicted octanol–water partition coefficient (Wildman–Crippen LogP) is 3.18. The average molecular weight is 269 g/mol. The fourth-order valence-electron chi connectivity index (χ4n) is 1.09. The summed E-state index contributed by atoms with van der Waals surface area (Å²) in [7, 11) is 0. The first-order valence-corrected chi connectivity index (χ1v) is 6.08. The molecule has 5 nitrogen and oxygen atoms in total. The maximum atomic E-state index is 12.0. The van der Waals surface area contributed by atoms with Crippen molar-refractivity contribution in [3.63, 3.8) is 0 Å². The number of imide groups is 1. The van der Waals surface area contributed by atoms with Crippen molar-refractivity contribution in [2.45, 2.75) is 65.7 Å². The summed E-state index contributed by atoms with van der Waals surface area (Å²) >= 11 is 0. The Morgan fingerprint density at radius 1 is 1.00 bits per heavy atom.